The summed E-state index contributed by atoms with van der Waals surface area (Å²) in [5, 5.41) is 4.61. The van der Waals surface area contributed by atoms with Crippen molar-refractivity contribution in [1.82, 2.24) is 9.78 Å². The minimum absolute atomic E-state index is 0.920. The molecular weight excluding hydrogens is 210 g/mol. The van der Waals surface area contributed by atoms with Crippen molar-refractivity contribution in [2.75, 3.05) is 5.73 Å². The topological polar surface area (TPSA) is 43.8 Å². The number of anilines is 1. The van der Waals surface area contributed by atoms with Gasteiger partial charge in [0.15, 0.2) is 0 Å². The van der Waals surface area contributed by atoms with E-state index < -0.39 is 0 Å². The molecule has 0 unspecified atom stereocenters. The standard InChI is InChI=1S/C14H27N3/c1-4-7-8-9-10-11-17-13(6-3)14(15)12(5-2)16-17/h4-11,15H2,1-3H3. The lowest BCUT2D eigenvalue weighted by atomic mass is 10.1. The number of aromatic nitrogens is 2. The molecule has 0 saturated carbocycles. The van der Waals surface area contributed by atoms with Gasteiger partial charge in [0.1, 0.15) is 0 Å². The Bertz CT molecular complexity index is 328. The van der Waals surface area contributed by atoms with Crippen LogP contribution < -0.4 is 5.73 Å². The first-order valence-electron chi connectivity index (χ1n) is 7.08. The maximum atomic E-state index is 6.09. The molecule has 0 atom stereocenters. The minimum atomic E-state index is 0.920. The monoisotopic (exact) mass is 237 g/mol. The van der Waals surface area contributed by atoms with Crippen LogP contribution in [0.5, 0.6) is 0 Å². The summed E-state index contributed by atoms with van der Waals surface area (Å²) in [7, 11) is 0. The normalized spacial score (nSPS) is 11.0. The van der Waals surface area contributed by atoms with Crippen molar-refractivity contribution in [3.05, 3.63) is 11.4 Å². The Morgan fingerprint density at radius 1 is 1.00 bits per heavy atom. The van der Waals surface area contributed by atoms with E-state index in [1.54, 1.807) is 0 Å². The second-order valence-electron chi connectivity index (χ2n) is 4.65. The quantitative estimate of drug-likeness (QED) is 0.703. The fourth-order valence-electron chi connectivity index (χ4n) is 2.25. The molecule has 0 saturated heterocycles. The van der Waals surface area contributed by atoms with Gasteiger partial charge in [-0.05, 0) is 19.3 Å². The fourth-order valence-corrected chi connectivity index (χ4v) is 2.25. The van der Waals surface area contributed by atoms with Gasteiger partial charge >= 0.3 is 0 Å². The van der Waals surface area contributed by atoms with Crippen molar-refractivity contribution in [1.29, 1.82) is 0 Å². The van der Waals surface area contributed by atoms with Crippen LogP contribution in [0.1, 0.15) is 64.3 Å². The zero-order chi connectivity index (χ0) is 12.7. The van der Waals surface area contributed by atoms with Crippen LogP contribution in [0.4, 0.5) is 5.69 Å². The van der Waals surface area contributed by atoms with Crippen LogP contribution >= 0.6 is 0 Å². The van der Waals surface area contributed by atoms with E-state index in [0.29, 0.717) is 0 Å². The number of aryl methyl sites for hydroxylation is 2. The average molecular weight is 237 g/mol. The van der Waals surface area contributed by atoms with E-state index in [1.165, 1.54) is 37.8 Å². The van der Waals surface area contributed by atoms with E-state index >= 15 is 0 Å². The Balaban J connectivity index is 2.52. The van der Waals surface area contributed by atoms with Gasteiger partial charge in [0.2, 0.25) is 0 Å². The summed E-state index contributed by atoms with van der Waals surface area (Å²) in [4.78, 5) is 0. The number of nitrogen functional groups attached to an aromatic ring is 1. The smallest absolute Gasteiger partial charge is 0.0854 e. The molecule has 1 rings (SSSR count). The third-order valence-electron chi connectivity index (χ3n) is 3.32. The fraction of sp³-hybridized carbons (Fsp3) is 0.786. The first kappa shape index (κ1) is 14.1. The lowest BCUT2D eigenvalue weighted by molar-refractivity contribution is 0.516. The summed E-state index contributed by atoms with van der Waals surface area (Å²) in [6.45, 7) is 7.54. The third kappa shape index (κ3) is 3.76. The Hall–Kier alpha value is -0.990. The molecule has 0 spiro atoms. The van der Waals surface area contributed by atoms with Crippen LogP contribution in [0.3, 0.4) is 0 Å². The zero-order valence-corrected chi connectivity index (χ0v) is 11.6. The van der Waals surface area contributed by atoms with Crippen molar-refractivity contribution >= 4 is 5.69 Å². The van der Waals surface area contributed by atoms with E-state index in [-0.39, 0.29) is 0 Å². The lowest BCUT2D eigenvalue weighted by Gasteiger charge is -2.06. The molecule has 1 aromatic rings. The molecule has 0 aliphatic rings. The Kier molecular flexibility index (Phi) is 6.09. The molecule has 0 bridgehead atoms. The van der Waals surface area contributed by atoms with Crippen molar-refractivity contribution in [3.8, 4) is 0 Å². The highest BCUT2D eigenvalue weighted by atomic mass is 15.3. The van der Waals surface area contributed by atoms with Crippen LogP contribution in [0.2, 0.25) is 0 Å². The maximum Gasteiger partial charge on any atom is 0.0854 e. The number of unbranched alkanes of at least 4 members (excludes halogenated alkanes) is 4. The first-order valence-corrected chi connectivity index (χ1v) is 7.08. The second-order valence-corrected chi connectivity index (χ2v) is 4.65. The number of rotatable bonds is 8. The van der Waals surface area contributed by atoms with E-state index in [9.17, 15) is 0 Å². The highest BCUT2D eigenvalue weighted by Crippen LogP contribution is 2.19. The highest BCUT2D eigenvalue weighted by molar-refractivity contribution is 5.48. The Morgan fingerprint density at radius 3 is 2.29 bits per heavy atom. The summed E-state index contributed by atoms with van der Waals surface area (Å²) in [5.74, 6) is 0. The summed E-state index contributed by atoms with van der Waals surface area (Å²) in [5.41, 5.74) is 9.30. The molecule has 0 aromatic carbocycles. The van der Waals surface area contributed by atoms with Crippen molar-refractivity contribution in [2.45, 2.75) is 72.3 Å². The Morgan fingerprint density at radius 2 is 1.71 bits per heavy atom. The van der Waals surface area contributed by atoms with Gasteiger partial charge in [0, 0.05) is 6.54 Å². The molecule has 3 heteroatoms. The van der Waals surface area contributed by atoms with Crippen LogP contribution in [0.25, 0.3) is 0 Å². The van der Waals surface area contributed by atoms with Gasteiger partial charge in [-0.1, -0.05) is 46.5 Å². The molecule has 3 nitrogen and oxygen atoms in total. The first-order chi connectivity index (χ1) is 8.24. The van der Waals surface area contributed by atoms with Gasteiger partial charge in [-0.25, -0.2) is 0 Å². The maximum absolute atomic E-state index is 6.09. The average Bonchev–Trinajstić information content (AvgIpc) is 2.65. The predicted molar refractivity (Wildman–Crippen MR) is 74.2 cm³/mol. The van der Waals surface area contributed by atoms with Gasteiger partial charge in [0.25, 0.3) is 0 Å². The molecule has 0 radical (unpaired) electrons. The van der Waals surface area contributed by atoms with E-state index in [0.717, 1.165) is 30.8 Å². The van der Waals surface area contributed by atoms with Crippen molar-refractivity contribution < 1.29 is 0 Å². The molecule has 0 amide bonds. The third-order valence-corrected chi connectivity index (χ3v) is 3.32. The number of hydrogen-bond donors (Lipinski definition) is 1. The van der Waals surface area contributed by atoms with Crippen LogP contribution in [0, 0.1) is 0 Å². The van der Waals surface area contributed by atoms with E-state index in [2.05, 4.69) is 30.6 Å². The molecule has 98 valence electrons. The van der Waals surface area contributed by atoms with E-state index in [4.69, 9.17) is 5.73 Å². The van der Waals surface area contributed by atoms with Crippen LogP contribution in [-0.4, -0.2) is 9.78 Å². The SMILES string of the molecule is CCCCCCCn1nc(CC)c(N)c1CC. The molecule has 0 aliphatic heterocycles. The summed E-state index contributed by atoms with van der Waals surface area (Å²) in [6, 6.07) is 0. The highest BCUT2D eigenvalue weighted by Gasteiger charge is 2.11. The summed E-state index contributed by atoms with van der Waals surface area (Å²) < 4.78 is 2.13. The molecule has 17 heavy (non-hydrogen) atoms. The number of hydrogen-bond acceptors (Lipinski definition) is 2. The zero-order valence-electron chi connectivity index (χ0n) is 11.6. The Labute approximate surface area is 105 Å². The van der Waals surface area contributed by atoms with Gasteiger partial charge in [-0.3, -0.25) is 4.68 Å². The van der Waals surface area contributed by atoms with Crippen molar-refractivity contribution in [3.63, 3.8) is 0 Å². The molecule has 0 fully saturated rings. The van der Waals surface area contributed by atoms with Crippen molar-refractivity contribution in [2.24, 2.45) is 0 Å². The predicted octanol–water partition coefficient (Wildman–Crippen LogP) is 3.56. The lowest BCUT2D eigenvalue weighted by Crippen LogP contribution is -2.05. The second kappa shape index (κ2) is 7.36. The van der Waals surface area contributed by atoms with Gasteiger partial charge in [0.05, 0.1) is 17.1 Å². The van der Waals surface area contributed by atoms with Crippen LogP contribution in [-0.2, 0) is 19.4 Å². The largest absolute Gasteiger partial charge is 0.396 e. The molecular formula is C14H27N3. The summed E-state index contributed by atoms with van der Waals surface area (Å²) >= 11 is 0. The van der Waals surface area contributed by atoms with Gasteiger partial charge in [-0.15, -0.1) is 0 Å². The number of nitrogens with zero attached hydrogens (tertiary/aromatic N) is 2. The minimum Gasteiger partial charge on any atom is -0.396 e. The van der Waals surface area contributed by atoms with Crippen LogP contribution in [0.15, 0.2) is 0 Å². The van der Waals surface area contributed by atoms with Gasteiger partial charge < -0.3 is 5.73 Å². The molecule has 2 N–H and O–H groups in total. The molecule has 1 aromatic heterocycles. The van der Waals surface area contributed by atoms with Gasteiger partial charge in [-0.2, -0.15) is 5.10 Å². The molecule has 1 heterocycles. The summed E-state index contributed by atoms with van der Waals surface area (Å²) in [6.07, 6.45) is 8.43. The van der Waals surface area contributed by atoms with E-state index in [1.807, 2.05) is 0 Å². The molecule has 0 aliphatic carbocycles. The number of nitrogens with two attached hydrogens (primary N) is 1.